The van der Waals surface area contributed by atoms with Crippen molar-refractivity contribution in [3.8, 4) is 0 Å². The van der Waals surface area contributed by atoms with Gasteiger partial charge in [-0.15, -0.1) is 0 Å². The molecule has 5 nitrogen and oxygen atoms in total. The average molecular weight is 381 g/mol. The van der Waals surface area contributed by atoms with Gasteiger partial charge in [0.2, 0.25) is 0 Å². The molecule has 0 unspecified atom stereocenters. The SMILES string of the molecule is CC1(n2cc(Cc3ccc4c5c(cccc35)C(=O)N4)cn2)CCN(Cl)CC1. The number of nitrogens with zero attached hydrogens (tertiary/aromatic N) is 3. The highest BCUT2D eigenvalue weighted by atomic mass is 35.5. The van der Waals surface area contributed by atoms with Gasteiger partial charge in [-0.05, 0) is 60.2 Å². The lowest BCUT2D eigenvalue weighted by molar-refractivity contribution is 0.103. The number of amides is 1. The van der Waals surface area contributed by atoms with E-state index in [1.165, 1.54) is 11.1 Å². The fourth-order valence-electron chi connectivity index (χ4n) is 4.26. The van der Waals surface area contributed by atoms with Crippen molar-refractivity contribution in [2.45, 2.75) is 31.7 Å². The molecule has 2 aliphatic rings. The van der Waals surface area contributed by atoms with Crippen molar-refractivity contribution in [2.75, 3.05) is 18.4 Å². The second-order valence-electron chi connectivity index (χ2n) is 7.83. The normalized spacial score (nSPS) is 18.8. The van der Waals surface area contributed by atoms with Gasteiger partial charge in [0, 0.05) is 42.3 Å². The van der Waals surface area contributed by atoms with Crippen molar-refractivity contribution in [3.63, 3.8) is 0 Å². The largest absolute Gasteiger partial charge is 0.321 e. The second-order valence-corrected chi connectivity index (χ2v) is 8.31. The number of benzene rings is 2. The Balaban J connectivity index is 1.47. The van der Waals surface area contributed by atoms with Gasteiger partial charge in [0.05, 0.1) is 11.7 Å². The summed E-state index contributed by atoms with van der Waals surface area (Å²) in [6, 6.07) is 10.1. The van der Waals surface area contributed by atoms with E-state index in [9.17, 15) is 4.79 Å². The van der Waals surface area contributed by atoms with E-state index in [2.05, 4.69) is 40.4 Å². The van der Waals surface area contributed by atoms with E-state index >= 15 is 0 Å². The molecule has 1 saturated heterocycles. The highest BCUT2D eigenvalue weighted by molar-refractivity contribution is 6.24. The number of halogens is 1. The van der Waals surface area contributed by atoms with Gasteiger partial charge in [0.25, 0.3) is 5.91 Å². The van der Waals surface area contributed by atoms with Crippen LogP contribution in [0.3, 0.4) is 0 Å². The molecule has 0 spiro atoms. The first-order valence-corrected chi connectivity index (χ1v) is 9.68. The predicted octanol–water partition coefficient (Wildman–Crippen LogP) is 4.16. The summed E-state index contributed by atoms with van der Waals surface area (Å²) < 4.78 is 3.96. The quantitative estimate of drug-likeness (QED) is 0.694. The molecule has 5 rings (SSSR count). The molecule has 0 radical (unpaired) electrons. The molecule has 1 N–H and O–H groups in total. The monoisotopic (exact) mass is 380 g/mol. The van der Waals surface area contributed by atoms with Crippen LogP contribution in [0.25, 0.3) is 10.8 Å². The molecule has 0 saturated carbocycles. The molecule has 138 valence electrons. The minimum atomic E-state index is -0.0147. The van der Waals surface area contributed by atoms with Gasteiger partial charge in [0.15, 0.2) is 0 Å². The number of rotatable bonds is 3. The van der Waals surface area contributed by atoms with Crippen molar-refractivity contribution in [2.24, 2.45) is 0 Å². The highest BCUT2D eigenvalue weighted by Crippen LogP contribution is 2.36. The number of carbonyl (C=O) groups excluding carboxylic acids is 1. The zero-order chi connectivity index (χ0) is 18.6. The van der Waals surface area contributed by atoms with Crippen LogP contribution in [0.2, 0.25) is 0 Å². The summed E-state index contributed by atoms with van der Waals surface area (Å²) in [4.78, 5) is 12.1. The predicted molar refractivity (Wildman–Crippen MR) is 107 cm³/mol. The summed E-state index contributed by atoms with van der Waals surface area (Å²) in [5.41, 5.74) is 4.09. The van der Waals surface area contributed by atoms with Crippen LogP contribution >= 0.6 is 11.8 Å². The smallest absolute Gasteiger partial charge is 0.256 e. The van der Waals surface area contributed by atoms with Crippen LogP contribution < -0.4 is 5.32 Å². The Morgan fingerprint density at radius 3 is 2.85 bits per heavy atom. The van der Waals surface area contributed by atoms with Gasteiger partial charge in [-0.2, -0.15) is 5.10 Å². The minimum Gasteiger partial charge on any atom is -0.321 e. The molecule has 3 aromatic rings. The Morgan fingerprint density at radius 1 is 1.22 bits per heavy atom. The highest BCUT2D eigenvalue weighted by Gasteiger charge is 2.32. The van der Waals surface area contributed by atoms with E-state index in [4.69, 9.17) is 11.8 Å². The van der Waals surface area contributed by atoms with Gasteiger partial charge in [-0.3, -0.25) is 9.48 Å². The number of anilines is 1. The molecule has 6 heteroatoms. The number of aromatic nitrogens is 2. The lowest BCUT2D eigenvalue weighted by Crippen LogP contribution is -2.41. The first-order chi connectivity index (χ1) is 13.0. The first kappa shape index (κ1) is 16.8. The maximum absolute atomic E-state index is 12.1. The van der Waals surface area contributed by atoms with Gasteiger partial charge < -0.3 is 5.32 Å². The molecule has 2 aromatic carbocycles. The number of carbonyl (C=O) groups is 1. The molecular formula is C21H21ClN4O. The maximum Gasteiger partial charge on any atom is 0.256 e. The Bertz CT molecular complexity index is 1050. The molecule has 0 bridgehead atoms. The molecule has 3 heterocycles. The lowest BCUT2D eigenvalue weighted by atomic mass is 9.91. The molecule has 0 atom stereocenters. The van der Waals surface area contributed by atoms with Crippen LogP contribution in [0, 0.1) is 0 Å². The zero-order valence-corrected chi connectivity index (χ0v) is 16.0. The third kappa shape index (κ3) is 2.73. The average Bonchev–Trinajstić information content (AvgIpc) is 3.27. The summed E-state index contributed by atoms with van der Waals surface area (Å²) >= 11 is 6.11. The molecule has 1 amide bonds. The molecule has 1 aromatic heterocycles. The van der Waals surface area contributed by atoms with E-state index in [1.807, 2.05) is 28.8 Å². The van der Waals surface area contributed by atoms with Gasteiger partial charge >= 0.3 is 0 Å². The number of nitrogens with one attached hydrogen (secondary N) is 1. The number of hydrogen-bond acceptors (Lipinski definition) is 3. The van der Waals surface area contributed by atoms with Gasteiger partial charge in [0.1, 0.15) is 0 Å². The molecule has 27 heavy (non-hydrogen) atoms. The summed E-state index contributed by atoms with van der Waals surface area (Å²) in [6.45, 7) is 4.01. The third-order valence-electron chi connectivity index (χ3n) is 5.99. The molecule has 2 aliphatic heterocycles. The van der Waals surface area contributed by atoms with Crippen LogP contribution in [-0.2, 0) is 12.0 Å². The first-order valence-electron chi connectivity index (χ1n) is 9.34. The minimum absolute atomic E-state index is 0.0147. The number of piperidine rings is 1. The summed E-state index contributed by atoms with van der Waals surface area (Å²) in [5.74, 6) is -0.0147. The zero-order valence-electron chi connectivity index (χ0n) is 15.2. The Labute approximate surface area is 163 Å². The maximum atomic E-state index is 12.1. The lowest BCUT2D eigenvalue weighted by Gasteiger charge is -2.36. The van der Waals surface area contributed by atoms with Gasteiger partial charge in [-0.25, -0.2) is 4.42 Å². The van der Waals surface area contributed by atoms with E-state index in [-0.39, 0.29) is 11.4 Å². The van der Waals surface area contributed by atoms with E-state index in [1.54, 1.807) is 0 Å². The summed E-state index contributed by atoms with van der Waals surface area (Å²) in [5, 5.41) is 9.78. The van der Waals surface area contributed by atoms with Crippen LogP contribution in [0.4, 0.5) is 5.69 Å². The standard InChI is InChI=1S/C21H21ClN4O/c1-21(7-9-25(22)10-8-21)26-13-14(12-23-26)11-15-5-6-18-19-16(15)3-2-4-17(19)20(27)24-18/h2-6,12-13H,7-11H2,1H3,(H,24,27). The molecule has 0 aliphatic carbocycles. The van der Waals surface area contributed by atoms with Crippen molar-refractivity contribution >= 4 is 34.1 Å². The van der Waals surface area contributed by atoms with Crippen LogP contribution in [0.15, 0.2) is 42.7 Å². The van der Waals surface area contributed by atoms with E-state index in [0.717, 1.165) is 54.4 Å². The molecular weight excluding hydrogens is 360 g/mol. The second kappa shape index (κ2) is 6.08. The van der Waals surface area contributed by atoms with Crippen LogP contribution in [0.5, 0.6) is 0 Å². The van der Waals surface area contributed by atoms with Gasteiger partial charge in [-0.1, -0.05) is 18.2 Å². The van der Waals surface area contributed by atoms with Crippen molar-refractivity contribution < 1.29 is 4.79 Å². The number of hydrogen-bond donors (Lipinski definition) is 1. The Morgan fingerprint density at radius 2 is 2.04 bits per heavy atom. The Hall–Kier alpha value is -2.37. The topological polar surface area (TPSA) is 50.2 Å². The van der Waals surface area contributed by atoms with Crippen LogP contribution in [-0.4, -0.2) is 33.2 Å². The third-order valence-corrected chi connectivity index (χ3v) is 6.33. The van der Waals surface area contributed by atoms with E-state index < -0.39 is 0 Å². The van der Waals surface area contributed by atoms with Crippen molar-refractivity contribution in [3.05, 3.63) is 59.4 Å². The fourth-order valence-corrected chi connectivity index (χ4v) is 4.43. The van der Waals surface area contributed by atoms with Crippen molar-refractivity contribution in [1.82, 2.24) is 14.2 Å². The fraction of sp³-hybridized carbons (Fsp3) is 0.333. The Kier molecular flexibility index (Phi) is 3.78. The molecule has 1 fully saturated rings. The van der Waals surface area contributed by atoms with E-state index in [0.29, 0.717) is 0 Å². The van der Waals surface area contributed by atoms with Crippen molar-refractivity contribution in [1.29, 1.82) is 0 Å². The summed E-state index contributed by atoms with van der Waals surface area (Å²) in [6.07, 6.45) is 6.91. The van der Waals surface area contributed by atoms with Crippen LogP contribution in [0.1, 0.15) is 41.3 Å². The summed E-state index contributed by atoms with van der Waals surface area (Å²) in [7, 11) is 0.